The number of methoxy groups -OCH3 is 1. The van der Waals surface area contributed by atoms with E-state index in [2.05, 4.69) is 10.00 Å². The molecule has 0 saturated carbocycles. The second kappa shape index (κ2) is 8.41. The van der Waals surface area contributed by atoms with Gasteiger partial charge in [0.1, 0.15) is 12.3 Å². The Morgan fingerprint density at radius 2 is 2.03 bits per heavy atom. The van der Waals surface area contributed by atoms with E-state index in [0.29, 0.717) is 42.8 Å². The second-order valence-electron chi connectivity index (χ2n) is 9.11. The van der Waals surface area contributed by atoms with Gasteiger partial charge in [-0.15, -0.1) is 0 Å². The highest BCUT2D eigenvalue weighted by Crippen LogP contribution is 2.38. The molecule has 3 aliphatic heterocycles. The molecule has 0 N–H and O–H groups in total. The number of amides is 2. The van der Waals surface area contributed by atoms with Crippen LogP contribution >= 0.6 is 0 Å². The largest absolute Gasteiger partial charge is 0.497 e. The maximum atomic E-state index is 13.1. The van der Waals surface area contributed by atoms with Gasteiger partial charge in [0.15, 0.2) is 0 Å². The van der Waals surface area contributed by atoms with Crippen LogP contribution in [0.4, 0.5) is 0 Å². The predicted molar refractivity (Wildman–Crippen MR) is 118 cm³/mol. The first-order chi connectivity index (χ1) is 15.5. The Bertz CT molecular complexity index is 1100. The van der Waals surface area contributed by atoms with Crippen molar-refractivity contribution in [1.29, 1.82) is 0 Å². The van der Waals surface area contributed by atoms with Crippen LogP contribution in [0.2, 0.25) is 0 Å². The molecule has 168 valence electrons. The van der Waals surface area contributed by atoms with Gasteiger partial charge in [-0.1, -0.05) is 12.1 Å². The van der Waals surface area contributed by atoms with Crippen LogP contribution in [-0.2, 0) is 16.1 Å². The highest BCUT2D eigenvalue weighted by Gasteiger charge is 2.44. The minimum Gasteiger partial charge on any atom is -0.497 e. The Kier molecular flexibility index (Phi) is 5.45. The molecule has 3 aliphatic rings. The summed E-state index contributed by atoms with van der Waals surface area (Å²) in [4.78, 5) is 41.8. The van der Waals surface area contributed by atoms with Crippen molar-refractivity contribution in [2.45, 2.75) is 38.3 Å². The number of benzene rings is 1. The highest BCUT2D eigenvalue weighted by molar-refractivity contribution is 5.78. The number of hydrogen-bond acceptors (Lipinski definition) is 5. The van der Waals surface area contributed by atoms with E-state index in [4.69, 9.17) is 4.74 Å². The number of carbonyl (C=O) groups excluding carboxylic acids is 2. The van der Waals surface area contributed by atoms with Crippen molar-refractivity contribution in [3.05, 3.63) is 46.8 Å². The molecule has 0 spiro atoms. The van der Waals surface area contributed by atoms with Gasteiger partial charge in [0.05, 0.1) is 12.8 Å². The number of nitrogens with zero attached hydrogens (tertiary/aromatic N) is 4. The topological polar surface area (TPSA) is 84.7 Å². The zero-order valence-corrected chi connectivity index (χ0v) is 18.3. The SMILES string of the molecule is COc1cccc(-c2ccc(=O)n(CC(=O)N3CC4CC(C3)C3CCCC(=O)N3C4)n2)c1. The summed E-state index contributed by atoms with van der Waals surface area (Å²) in [5.74, 6) is 1.51. The van der Waals surface area contributed by atoms with Gasteiger partial charge in [-0.25, -0.2) is 4.68 Å². The maximum absolute atomic E-state index is 13.1. The van der Waals surface area contributed by atoms with Crippen LogP contribution in [0.1, 0.15) is 25.7 Å². The van der Waals surface area contributed by atoms with E-state index in [1.54, 1.807) is 13.2 Å². The number of rotatable bonds is 4. The van der Waals surface area contributed by atoms with Crippen LogP contribution in [0, 0.1) is 11.8 Å². The molecule has 2 bridgehead atoms. The van der Waals surface area contributed by atoms with Crippen molar-refractivity contribution in [3.63, 3.8) is 0 Å². The minimum absolute atomic E-state index is 0.0800. The standard InChI is InChI=1S/C24H28N4O4/c1-32-19-5-2-4-17(11-19)20-8-9-23(30)28(25-20)15-24(31)26-12-16-10-18(14-26)21-6-3-7-22(29)27(21)13-16/h2,4-5,8-9,11,16,18,21H,3,6-7,10,12-15H2,1H3. The molecule has 5 rings (SSSR count). The summed E-state index contributed by atoms with van der Waals surface area (Å²) in [5.41, 5.74) is 1.13. The lowest BCUT2D eigenvalue weighted by molar-refractivity contribution is -0.149. The van der Waals surface area contributed by atoms with Crippen LogP contribution in [0.5, 0.6) is 5.75 Å². The number of aromatic nitrogens is 2. The minimum atomic E-state index is -0.300. The summed E-state index contributed by atoms with van der Waals surface area (Å²) in [5, 5.41) is 4.45. The number of carbonyl (C=O) groups is 2. The molecule has 1 aromatic carbocycles. The van der Waals surface area contributed by atoms with E-state index >= 15 is 0 Å². The first kappa shape index (κ1) is 20.7. The second-order valence-corrected chi connectivity index (χ2v) is 9.11. The summed E-state index contributed by atoms with van der Waals surface area (Å²) in [6, 6.07) is 10.8. The Labute approximate surface area is 186 Å². The number of ether oxygens (including phenoxy) is 1. The number of likely N-dealkylation sites (tertiary alicyclic amines) is 1. The summed E-state index contributed by atoms with van der Waals surface area (Å²) < 4.78 is 6.52. The van der Waals surface area contributed by atoms with E-state index in [1.807, 2.05) is 29.2 Å². The lowest BCUT2D eigenvalue weighted by atomic mass is 9.76. The van der Waals surface area contributed by atoms with Crippen LogP contribution in [0.25, 0.3) is 11.3 Å². The maximum Gasteiger partial charge on any atom is 0.267 e. The van der Waals surface area contributed by atoms with E-state index in [0.717, 1.165) is 31.4 Å². The lowest BCUT2D eigenvalue weighted by Gasteiger charge is -2.52. The highest BCUT2D eigenvalue weighted by atomic mass is 16.5. The zero-order chi connectivity index (χ0) is 22.2. The number of fused-ring (bicyclic) bond motifs is 4. The van der Waals surface area contributed by atoms with Crippen LogP contribution in [0.3, 0.4) is 0 Å². The van der Waals surface area contributed by atoms with Gasteiger partial charge in [-0.05, 0) is 49.3 Å². The molecule has 2 amide bonds. The van der Waals surface area contributed by atoms with Gasteiger partial charge >= 0.3 is 0 Å². The predicted octanol–water partition coefficient (Wildman–Crippen LogP) is 1.78. The van der Waals surface area contributed by atoms with Gasteiger partial charge < -0.3 is 14.5 Å². The molecule has 1 aromatic heterocycles. The van der Waals surface area contributed by atoms with Gasteiger partial charge in [0, 0.05) is 43.7 Å². The third kappa shape index (κ3) is 3.89. The number of piperidine rings is 3. The molecule has 8 heteroatoms. The van der Waals surface area contributed by atoms with E-state index in [1.165, 1.54) is 10.7 Å². The summed E-state index contributed by atoms with van der Waals surface area (Å²) >= 11 is 0. The molecule has 3 unspecified atom stereocenters. The molecule has 8 nitrogen and oxygen atoms in total. The Morgan fingerprint density at radius 3 is 2.88 bits per heavy atom. The fraction of sp³-hybridized carbons (Fsp3) is 0.500. The molecular weight excluding hydrogens is 408 g/mol. The summed E-state index contributed by atoms with van der Waals surface area (Å²) in [6.45, 7) is 1.95. The normalized spacial score (nSPS) is 24.8. The molecule has 0 aliphatic carbocycles. The van der Waals surface area contributed by atoms with Crippen LogP contribution < -0.4 is 10.3 Å². The van der Waals surface area contributed by atoms with Crippen molar-refractivity contribution in [2.75, 3.05) is 26.7 Å². The Balaban J connectivity index is 1.32. The first-order valence-corrected chi connectivity index (χ1v) is 11.3. The molecule has 3 saturated heterocycles. The third-order valence-corrected chi connectivity index (χ3v) is 7.05. The molecule has 0 radical (unpaired) electrons. The van der Waals surface area contributed by atoms with Crippen molar-refractivity contribution >= 4 is 11.8 Å². The van der Waals surface area contributed by atoms with Gasteiger partial charge in [-0.2, -0.15) is 5.10 Å². The molecule has 3 fully saturated rings. The summed E-state index contributed by atoms with van der Waals surface area (Å²) in [7, 11) is 1.60. The fourth-order valence-corrected chi connectivity index (χ4v) is 5.54. The monoisotopic (exact) mass is 436 g/mol. The Morgan fingerprint density at radius 1 is 1.16 bits per heavy atom. The average Bonchev–Trinajstić information content (AvgIpc) is 2.81. The third-order valence-electron chi connectivity index (χ3n) is 7.05. The van der Waals surface area contributed by atoms with Gasteiger partial charge in [0.2, 0.25) is 11.8 Å². The fourth-order valence-electron chi connectivity index (χ4n) is 5.54. The molecule has 32 heavy (non-hydrogen) atoms. The molecular formula is C24H28N4O4. The molecule has 2 aromatic rings. The van der Waals surface area contributed by atoms with Crippen LogP contribution in [0.15, 0.2) is 41.2 Å². The van der Waals surface area contributed by atoms with Gasteiger partial charge in [-0.3, -0.25) is 14.4 Å². The van der Waals surface area contributed by atoms with Crippen molar-refractivity contribution in [1.82, 2.24) is 19.6 Å². The van der Waals surface area contributed by atoms with Crippen molar-refractivity contribution in [2.24, 2.45) is 11.8 Å². The van der Waals surface area contributed by atoms with E-state index in [-0.39, 0.29) is 30.0 Å². The quantitative estimate of drug-likeness (QED) is 0.730. The van der Waals surface area contributed by atoms with Crippen molar-refractivity contribution < 1.29 is 14.3 Å². The lowest BCUT2D eigenvalue weighted by Crippen LogP contribution is -2.61. The molecule has 4 heterocycles. The van der Waals surface area contributed by atoms with Crippen LogP contribution in [-0.4, -0.2) is 64.2 Å². The van der Waals surface area contributed by atoms with Gasteiger partial charge in [0.25, 0.3) is 5.56 Å². The van der Waals surface area contributed by atoms with E-state index < -0.39 is 0 Å². The first-order valence-electron chi connectivity index (χ1n) is 11.3. The zero-order valence-electron chi connectivity index (χ0n) is 18.3. The van der Waals surface area contributed by atoms with E-state index in [9.17, 15) is 14.4 Å². The smallest absolute Gasteiger partial charge is 0.267 e. The molecule has 3 atom stereocenters. The Hall–Kier alpha value is -3.16. The van der Waals surface area contributed by atoms with Crippen molar-refractivity contribution in [3.8, 4) is 17.0 Å². The number of hydrogen-bond donors (Lipinski definition) is 0. The summed E-state index contributed by atoms with van der Waals surface area (Å²) in [6.07, 6.45) is 3.68. The average molecular weight is 437 g/mol.